The minimum absolute atomic E-state index is 0.0736. The summed E-state index contributed by atoms with van der Waals surface area (Å²) < 4.78 is 13.1. The fraction of sp³-hybridized carbons (Fsp3) is 0.190. The smallest absolute Gasteiger partial charge is 0.226 e. The maximum Gasteiger partial charge on any atom is 0.226 e. The molecule has 2 aromatic carbocycles. The first kappa shape index (κ1) is 18.3. The molecule has 7 heteroatoms. The molecule has 28 heavy (non-hydrogen) atoms. The number of thiazole rings is 1. The Bertz CT molecular complexity index is 1080. The molecule has 0 unspecified atom stereocenters. The summed E-state index contributed by atoms with van der Waals surface area (Å²) in [6.45, 7) is 1.94. The van der Waals surface area contributed by atoms with Gasteiger partial charge in [0.25, 0.3) is 0 Å². The van der Waals surface area contributed by atoms with Gasteiger partial charge < -0.3 is 10.3 Å². The molecule has 0 saturated carbocycles. The number of halogens is 1. The lowest BCUT2D eigenvalue weighted by Crippen LogP contribution is -2.11. The SMILES string of the molecule is Cc1sc(NC(=O)CCCc2nc3ccccc3[nH]2)nc1-c1ccc(F)cc1. The average molecular weight is 394 g/mol. The van der Waals surface area contributed by atoms with Gasteiger partial charge in [0.15, 0.2) is 5.13 Å². The standard InChI is InChI=1S/C21H19FN4OS/c1-13-20(14-9-11-15(22)12-10-14)26-21(28-13)25-19(27)8-4-7-18-23-16-5-2-3-6-17(16)24-18/h2-3,5-6,9-12H,4,7-8H2,1H3,(H,23,24)(H,25,26,27). The van der Waals surface area contributed by atoms with Crippen LogP contribution in [0.1, 0.15) is 23.5 Å². The van der Waals surface area contributed by atoms with Gasteiger partial charge in [-0.1, -0.05) is 12.1 Å². The number of anilines is 1. The van der Waals surface area contributed by atoms with Crippen LogP contribution in [0.25, 0.3) is 22.3 Å². The molecule has 0 fully saturated rings. The number of nitrogens with one attached hydrogen (secondary N) is 2. The number of rotatable bonds is 6. The average Bonchev–Trinajstić information content (AvgIpc) is 3.25. The van der Waals surface area contributed by atoms with Crippen LogP contribution in [0.2, 0.25) is 0 Å². The van der Waals surface area contributed by atoms with Crippen LogP contribution in [-0.2, 0) is 11.2 Å². The molecule has 0 aliphatic carbocycles. The molecule has 0 radical (unpaired) electrons. The van der Waals surface area contributed by atoms with Gasteiger partial charge in [-0.15, -0.1) is 11.3 Å². The van der Waals surface area contributed by atoms with Gasteiger partial charge in [-0.2, -0.15) is 0 Å². The number of para-hydroxylation sites is 2. The maximum atomic E-state index is 13.1. The quantitative estimate of drug-likeness (QED) is 0.478. The van der Waals surface area contributed by atoms with Gasteiger partial charge in [0, 0.05) is 23.3 Å². The Morgan fingerprint density at radius 2 is 1.93 bits per heavy atom. The van der Waals surface area contributed by atoms with Gasteiger partial charge in [-0.05, 0) is 49.7 Å². The monoisotopic (exact) mass is 394 g/mol. The summed E-state index contributed by atoms with van der Waals surface area (Å²) in [5, 5.41) is 3.42. The topological polar surface area (TPSA) is 70.7 Å². The van der Waals surface area contributed by atoms with E-state index >= 15 is 0 Å². The Morgan fingerprint density at radius 1 is 1.14 bits per heavy atom. The second-order valence-corrected chi connectivity index (χ2v) is 7.74. The van der Waals surface area contributed by atoms with Crippen molar-refractivity contribution < 1.29 is 9.18 Å². The highest BCUT2D eigenvalue weighted by molar-refractivity contribution is 7.16. The molecule has 4 aromatic rings. The van der Waals surface area contributed by atoms with Gasteiger partial charge in [-0.3, -0.25) is 4.79 Å². The van der Waals surface area contributed by atoms with E-state index in [0.29, 0.717) is 24.4 Å². The van der Waals surface area contributed by atoms with Crippen LogP contribution in [0.5, 0.6) is 0 Å². The van der Waals surface area contributed by atoms with Crippen molar-refractivity contribution in [2.24, 2.45) is 0 Å². The Hall–Kier alpha value is -3.06. The molecule has 0 saturated heterocycles. The summed E-state index contributed by atoms with van der Waals surface area (Å²) >= 11 is 1.42. The Morgan fingerprint density at radius 3 is 2.71 bits per heavy atom. The minimum atomic E-state index is -0.283. The van der Waals surface area contributed by atoms with Gasteiger partial charge >= 0.3 is 0 Å². The van der Waals surface area contributed by atoms with Crippen molar-refractivity contribution in [3.05, 3.63) is 65.0 Å². The van der Waals surface area contributed by atoms with Crippen LogP contribution in [-0.4, -0.2) is 20.9 Å². The van der Waals surface area contributed by atoms with Gasteiger partial charge in [0.05, 0.1) is 16.7 Å². The summed E-state index contributed by atoms with van der Waals surface area (Å²) in [6, 6.07) is 14.1. The van der Waals surface area contributed by atoms with Crippen LogP contribution in [0, 0.1) is 12.7 Å². The summed E-state index contributed by atoms with van der Waals surface area (Å²) in [5.41, 5.74) is 3.55. The molecule has 1 amide bonds. The molecule has 0 aliphatic rings. The van der Waals surface area contributed by atoms with Crippen molar-refractivity contribution in [3.8, 4) is 11.3 Å². The van der Waals surface area contributed by atoms with Crippen molar-refractivity contribution in [1.29, 1.82) is 0 Å². The number of aromatic nitrogens is 3. The molecule has 2 N–H and O–H groups in total. The third-order valence-corrected chi connectivity index (χ3v) is 5.30. The Kier molecular flexibility index (Phi) is 5.16. The summed E-state index contributed by atoms with van der Waals surface area (Å²) in [7, 11) is 0. The lowest BCUT2D eigenvalue weighted by molar-refractivity contribution is -0.116. The fourth-order valence-electron chi connectivity index (χ4n) is 3.05. The molecule has 142 valence electrons. The molecule has 0 bridgehead atoms. The van der Waals surface area contributed by atoms with Crippen LogP contribution < -0.4 is 5.32 Å². The van der Waals surface area contributed by atoms with Crippen LogP contribution in [0.4, 0.5) is 9.52 Å². The van der Waals surface area contributed by atoms with Crippen LogP contribution >= 0.6 is 11.3 Å². The number of fused-ring (bicyclic) bond motifs is 1. The highest BCUT2D eigenvalue weighted by Gasteiger charge is 2.12. The molecule has 0 spiro atoms. The second kappa shape index (κ2) is 7.90. The van der Waals surface area contributed by atoms with Gasteiger partial charge in [0.2, 0.25) is 5.91 Å². The van der Waals surface area contributed by atoms with E-state index in [1.165, 1.54) is 23.5 Å². The predicted octanol–water partition coefficient (Wildman–Crippen LogP) is 5.10. The van der Waals surface area contributed by atoms with Crippen LogP contribution in [0.3, 0.4) is 0 Å². The summed E-state index contributed by atoms with van der Waals surface area (Å²) in [5.74, 6) is 0.530. The number of carbonyl (C=O) groups is 1. The van der Waals surface area contributed by atoms with E-state index in [9.17, 15) is 9.18 Å². The second-order valence-electron chi connectivity index (χ2n) is 6.53. The van der Waals surface area contributed by atoms with Crippen molar-refractivity contribution in [1.82, 2.24) is 15.0 Å². The van der Waals surface area contributed by atoms with E-state index < -0.39 is 0 Å². The number of nitrogens with zero attached hydrogens (tertiary/aromatic N) is 2. The molecule has 0 aliphatic heterocycles. The van der Waals surface area contributed by atoms with Gasteiger partial charge in [0.1, 0.15) is 11.6 Å². The molecular weight excluding hydrogens is 375 g/mol. The molecule has 0 atom stereocenters. The zero-order valence-corrected chi connectivity index (χ0v) is 16.1. The lowest BCUT2D eigenvalue weighted by Gasteiger charge is -2.01. The molecule has 5 nitrogen and oxygen atoms in total. The van der Waals surface area contributed by atoms with Crippen molar-refractivity contribution in [2.75, 3.05) is 5.32 Å². The van der Waals surface area contributed by atoms with Crippen LogP contribution in [0.15, 0.2) is 48.5 Å². The zero-order chi connectivity index (χ0) is 19.5. The van der Waals surface area contributed by atoms with E-state index in [2.05, 4.69) is 20.3 Å². The molecular formula is C21H19FN4OS. The Balaban J connectivity index is 1.33. The van der Waals surface area contributed by atoms with E-state index in [1.807, 2.05) is 31.2 Å². The normalized spacial score (nSPS) is 11.1. The first-order valence-electron chi connectivity index (χ1n) is 9.05. The van der Waals surface area contributed by atoms with Crippen molar-refractivity contribution in [3.63, 3.8) is 0 Å². The highest BCUT2D eigenvalue weighted by atomic mass is 32.1. The van der Waals surface area contributed by atoms with E-state index in [-0.39, 0.29) is 11.7 Å². The van der Waals surface area contributed by atoms with Crippen molar-refractivity contribution in [2.45, 2.75) is 26.2 Å². The number of aromatic amines is 1. The number of hydrogen-bond donors (Lipinski definition) is 2. The molecule has 2 heterocycles. The summed E-state index contributed by atoms with van der Waals surface area (Å²) in [6.07, 6.45) is 1.79. The number of benzene rings is 2. The van der Waals surface area contributed by atoms with Gasteiger partial charge in [-0.25, -0.2) is 14.4 Å². The number of aryl methyl sites for hydroxylation is 2. The number of H-pyrrole nitrogens is 1. The first-order valence-corrected chi connectivity index (χ1v) is 9.87. The third kappa shape index (κ3) is 4.09. The molecule has 4 rings (SSSR count). The Labute approximate surface area is 165 Å². The van der Waals surface area contributed by atoms with E-state index in [1.54, 1.807) is 12.1 Å². The fourth-order valence-corrected chi connectivity index (χ4v) is 3.90. The van der Waals surface area contributed by atoms with E-state index in [0.717, 1.165) is 33.0 Å². The number of carbonyl (C=O) groups excluding carboxylic acids is 1. The number of imidazole rings is 1. The largest absolute Gasteiger partial charge is 0.342 e. The van der Waals surface area contributed by atoms with E-state index in [4.69, 9.17) is 0 Å². The molecule has 2 aromatic heterocycles. The number of hydrogen-bond acceptors (Lipinski definition) is 4. The summed E-state index contributed by atoms with van der Waals surface area (Å²) in [4.78, 5) is 25.5. The minimum Gasteiger partial charge on any atom is -0.342 e. The van der Waals surface area contributed by atoms with Crippen molar-refractivity contribution >= 4 is 33.4 Å². The number of amides is 1. The first-order chi connectivity index (χ1) is 13.6. The predicted molar refractivity (Wildman–Crippen MR) is 110 cm³/mol. The third-order valence-electron chi connectivity index (χ3n) is 4.42. The maximum absolute atomic E-state index is 13.1. The lowest BCUT2D eigenvalue weighted by atomic mass is 10.1. The highest BCUT2D eigenvalue weighted by Crippen LogP contribution is 2.30. The zero-order valence-electron chi connectivity index (χ0n) is 15.3.